The number of aryl methyl sites for hydroxylation is 1. The van der Waals surface area contributed by atoms with E-state index < -0.39 is 17.6 Å². The number of amides is 2. The van der Waals surface area contributed by atoms with Gasteiger partial charge < -0.3 is 10.6 Å². The van der Waals surface area contributed by atoms with E-state index in [0.717, 1.165) is 11.1 Å². The van der Waals surface area contributed by atoms with Gasteiger partial charge in [-0.05, 0) is 78.7 Å². The van der Waals surface area contributed by atoms with Gasteiger partial charge in [-0.2, -0.15) is 0 Å². The third-order valence-electron chi connectivity index (χ3n) is 5.76. The number of halogens is 1. The average Bonchev–Trinajstić information content (AvgIpc) is 2.94. The summed E-state index contributed by atoms with van der Waals surface area (Å²) in [7, 11) is 0. The van der Waals surface area contributed by atoms with Crippen LogP contribution in [0.25, 0.3) is 12.2 Å². The molecule has 0 spiro atoms. The lowest BCUT2D eigenvalue weighted by Crippen LogP contribution is -2.30. The molecule has 2 amide bonds. The van der Waals surface area contributed by atoms with Crippen LogP contribution in [0.4, 0.5) is 10.1 Å². The molecular weight excluding hydrogens is 479 g/mol. The van der Waals surface area contributed by atoms with E-state index in [2.05, 4.69) is 10.6 Å². The molecule has 0 bridgehead atoms. The molecule has 0 unspecified atom stereocenters. The lowest BCUT2D eigenvalue weighted by Gasteiger charge is -2.12. The molecule has 0 radical (unpaired) electrons. The maximum Gasteiger partial charge on any atom is 0.272 e. The Morgan fingerprint density at radius 1 is 0.711 bits per heavy atom. The van der Waals surface area contributed by atoms with Crippen LogP contribution in [0.1, 0.15) is 37.4 Å². The number of benzene rings is 4. The van der Waals surface area contributed by atoms with Crippen LogP contribution < -0.4 is 10.6 Å². The molecule has 0 aromatic heterocycles. The van der Waals surface area contributed by atoms with Gasteiger partial charge in [0.2, 0.25) is 0 Å². The minimum atomic E-state index is -0.518. The van der Waals surface area contributed by atoms with Crippen LogP contribution >= 0.6 is 0 Å². The van der Waals surface area contributed by atoms with E-state index in [1.807, 2.05) is 31.2 Å². The molecule has 2 N–H and O–H groups in total. The number of anilines is 1. The van der Waals surface area contributed by atoms with Gasteiger partial charge in [0.1, 0.15) is 11.5 Å². The standard InChI is InChI=1S/C32H25FN2O3/c1-22-9-5-6-13-26(22)21-29(35-31(37)25-11-3-2-4-12-25)32(38)34-27-18-15-24(16-19-27)30(36)20-17-23-10-7-8-14-28(23)33/h2-21H,1H3,(H,34,38)(H,35,37)/b20-17+,29-21-. The average molecular weight is 505 g/mol. The smallest absolute Gasteiger partial charge is 0.272 e. The summed E-state index contributed by atoms with van der Waals surface area (Å²) >= 11 is 0. The van der Waals surface area contributed by atoms with Gasteiger partial charge in [-0.1, -0.05) is 60.7 Å². The number of hydrogen-bond acceptors (Lipinski definition) is 3. The quantitative estimate of drug-likeness (QED) is 0.214. The van der Waals surface area contributed by atoms with E-state index in [-0.39, 0.29) is 11.5 Å². The number of nitrogens with one attached hydrogen (secondary N) is 2. The highest BCUT2D eigenvalue weighted by Gasteiger charge is 2.16. The molecule has 0 aliphatic carbocycles. The fourth-order valence-corrected chi connectivity index (χ4v) is 3.63. The Morgan fingerprint density at radius 2 is 1.34 bits per heavy atom. The van der Waals surface area contributed by atoms with Gasteiger partial charge in [0.05, 0.1) is 0 Å². The first kappa shape index (κ1) is 26.0. The third kappa shape index (κ3) is 6.77. The molecule has 4 aromatic rings. The summed E-state index contributed by atoms with van der Waals surface area (Å²) in [4.78, 5) is 38.5. The van der Waals surface area contributed by atoms with E-state index in [0.29, 0.717) is 22.4 Å². The number of ketones is 1. The van der Waals surface area contributed by atoms with Crippen molar-refractivity contribution in [2.24, 2.45) is 0 Å². The molecule has 0 heterocycles. The summed E-state index contributed by atoms with van der Waals surface area (Å²) in [5.41, 5.74) is 3.35. The maximum absolute atomic E-state index is 13.8. The summed E-state index contributed by atoms with van der Waals surface area (Å²) < 4.78 is 13.8. The maximum atomic E-state index is 13.8. The summed E-state index contributed by atoms with van der Waals surface area (Å²) in [6.07, 6.45) is 4.34. The molecule has 0 saturated heterocycles. The Hall–Kier alpha value is -5.10. The lowest BCUT2D eigenvalue weighted by atomic mass is 10.1. The van der Waals surface area contributed by atoms with Crippen LogP contribution in [0.5, 0.6) is 0 Å². The van der Waals surface area contributed by atoms with Crippen molar-refractivity contribution in [2.75, 3.05) is 5.32 Å². The highest BCUT2D eigenvalue weighted by molar-refractivity contribution is 6.11. The van der Waals surface area contributed by atoms with E-state index in [9.17, 15) is 18.8 Å². The highest BCUT2D eigenvalue weighted by Crippen LogP contribution is 2.16. The van der Waals surface area contributed by atoms with Gasteiger partial charge in [0.25, 0.3) is 11.8 Å². The van der Waals surface area contributed by atoms with Crippen LogP contribution in [-0.2, 0) is 4.79 Å². The first-order chi connectivity index (χ1) is 18.4. The van der Waals surface area contributed by atoms with Gasteiger partial charge in [0, 0.05) is 22.4 Å². The number of rotatable bonds is 8. The Morgan fingerprint density at radius 3 is 2.03 bits per heavy atom. The number of carbonyl (C=O) groups excluding carboxylic acids is 3. The van der Waals surface area contributed by atoms with E-state index in [1.165, 1.54) is 18.2 Å². The zero-order valence-electron chi connectivity index (χ0n) is 20.6. The monoisotopic (exact) mass is 504 g/mol. The van der Waals surface area contributed by atoms with E-state index in [4.69, 9.17) is 0 Å². The van der Waals surface area contributed by atoms with Crippen molar-refractivity contribution in [2.45, 2.75) is 6.92 Å². The van der Waals surface area contributed by atoms with Crippen molar-refractivity contribution < 1.29 is 18.8 Å². The molecular formula is C32H25FN2O3. The molecule has 0 saturated carbocycles. The zero-order chi connectivity index (χ0) is 26.9. The molecule has 0 atom stereocenters. The second kappa shape index (κ2) is 12.2. The van der Waals surface area contributed by atoms with Crippen LogP contribution in [0.2, 0.25) is 0 Å². The SMILES string of the molecule is Cc1ccccc1/C=C(\NC(=O)c1ccccc1)C(=O)Nc1ccc(C(=O)/C=C/c2ccccc2F)cc1. The number of hydrogen-bond donors (Lipinski definition) is 2. The van der Waals surface area contributed by atoms with Crippen molar-refractivity contribution in [3.63, 3.8) is 0 Å². The summed E-state index contributed by atoms with van der Waals surface area (Å²) in [6, 6.07) is 28.6. The lowest BCUT2D eigenvalue weighted by molar-refractivity contribution is -0.113. The minimum absolute atomic E-state index is 0.0705. The molecule has 4 aromatic carbocycles. The predicted octanol–water partition coefficient (Wildman–Crippen LogP) is 6.44. The zero-order valence-corrected chi connectivity index (χ0v) is 20.6. The van der Waals surface area contributed by atoms with Crippen LogP contribution in [0, 0.1) is 12.7 Å². The van der Waals surface area contributed by atoms with Crippen molar-refractivity contribution in [1.29, 1.82) is 0 Å². The Bertz CT molecular complexity index is 1520. The molecule has 188 valence electrons. The topological polar surface area (TPSA) is 75.3 Å². The molecule has 38 heavy (non-hydrogen) atoms. The summed E-state index contributed by atoms with van der Waals surface area (Å²) in [6.45, 7) is 1.91. The van der Waals surface area contributed by atoms with Crippen LogP contribution in [-0.4, -0.2) is 17.6 Å². The molecule has 6 heteroatoms. The second-order valence-electron chi connectivity index (χ2n) is 8.49. The third-order valence-corrected chi connectivity index (χ3v) is 5.76. The van der Waals surface area contributed by atoms with Crippen LogP contribution in [0.3, 0.4) is 0 Å². The highest BCUT2D eigenvalue weighted by atomic mass is 19.1. The fraction of sp³-hybridized carbons (Fsp3) is 0.0312. The molecule has 0 aliphatic heterocycles. The Balaban J connectivity index is 1.51. The van der Waals surface area contributed by atoms with Gasteiger partial charge in [-0.15, -0.1) is 0 Å². The molecule has 5 nitrogen and oxygen atoms in total. The van der Waals surface area contributed by atoms with Crippen molar-refractivity contribution >= 4 is 35.4 Å². The van der Waals surface area contributed by atoms with Gasteiger partial charge in [-0.25, -0.2) is 4.39 Å². The summed E-state index contributed by atoms with van der Waals surface area (Å²) in [5, 5.41) is 5.48. The van der Waals surface area contributed by atoms with E-state index >= 15 is 0 Å². The normalized spacial score (nSPS) is 11.3. The molecule has 0 aliphatic rings. The largest absolute Gasteiger partial charge is 0.321 e. The molecule has 4 rings (SSSR count). The van der Waals surface area contributed by atoms with Gasteiger partial charge in [-0.3, -0.25) is 14.4 Å². The van der Waals surface area contributed by atoms with E-state index in [1.54, 1.807) is 78.9 Å². The second-order valence-corrected chi connectivity index (χ2v) is 8.49. The first-order valence-electron chi connectivity index (χ1n) is 11.9. The number of carbonyl (C=O) groups is 3. The van der Waals surface area contributed by atoms with Crippen molar-refractivity contribution in [1.82, 2.24) is 5.32 Å². The minimum Gasteiger partial charge on any atom is -0.321 e. The Labute approximate surface area is 220 Å². The van der Waals surface area contributed by atoms with Gasteiger partial charge in [0.15, 0.2) is 5.78 Å². The molecule has 0 fully saturated rings. The predicted molar refractivity (Wildman–Crippen MR) is 148 cm³/mol. The summed E-state index contributed by atoms with van der Waals surface area (Å²) in [5.74, 6) is -1.65. The van der Waals surface area contributed by atoms with Crippen molar-refractivity contribution in [3.8, 4) is 0 Å². The Kier molecular flexibility index (Phi) is 8.36. The number of allylic oxidation sites excluding steroid dienone is 1. The van der Waals surface area contributed by atoms with Crippen LogP contribution in [0.15, 0.2) is 115 Å². The van der Waals surface area contributed by atoms with Crippen molar-refractivity contribution in [3.05, 3.63) is 149 Å². The first-order valence-corrected chi connectivity index (χ1v) is 11.9. The van der Waals surface area contributed by atoms with Gasteiger partial charge >= 0.3 is 0 Å². The fourth-order valence-electron chi connectivity index (χ4n) is 3.63.